The van der Waals surface area contributed by atoms with Gasteiger partial charge in [0.05, 0.1) is 0 Å². The molecule has 2 heterocycles. The number of carbonyl (C=O) groups is 1. The molecule has 1 atom stereocenters. The summed E-state index contributed by atoms with van der Waals surface area (Å²) < 4.78 is 0. The normalized spacial score (nSPS) is 26.9. The molecule has 1 aromatic heterocycles. The molecule has 1 aliphatic heterocycles. The molecule has 18 heavy (non-hydrogen) atoms. The van der Waals surface area contributed by atoms with E-state index in [0.717, 1.165) is 12.8 Å². The van der Waals surface area contributed by atoms with Gasteiger partial charge in [0.2, 0.25) is 5.91 Å². The maximum atomic E-state index is 11.9. The first-order chi connectivity index (χ1) is 8.80. The minimum Gasteiger partial charge on any atom is -0.350 e. The number of carbonyl (C=O) groups excluding carboxylic acids is 1. The van der Waals surface area contributed by atoms with E-state index in [1.165, 1.54) is 31.2 Å². The third-order valence-corrected chi connectivity index (χ3v) is 4.55. The molecule has 0 aromatic carbocycles. The molecule has 96 valence electrons. The van der Waals surface area contributed by atoms with Crippen molar-refractivity contribution in [2.45, 2.75) is 56.4 Å². The highest BCUT2D eigenvalue weighted by Crippen LogP contribution is 2.44. The Labute approximate surface area is 108 Å². The number of amides is 1. The monoisotopic (exact) mass is 244 g/mol. The lowest BCUT2D eigenvalue weighted by molar-refractivity contribution is -0.119. The molecule has 3 nitrogen and oxygen atoms in total. The van der Waals surface area contributed by atoms with Gasteiger partial charge in [0, 0.05) is 30.3 Å². The second-order valence-corrected chi connectivity index (χ2v) is 5.66. The van der Waals surface area contributed by atoms with Gasteiger partial charge in [-0.15, -0.1) is 0 Å². The maximum absolute atomic E-state index is 11.9. The fourth-order valence-corrected chi connectivity index (χ4v) is 3.66. The smallest absolute Gasteiger partial charge is 0.221 e. The molecule has 1 aliphatic carbocycles. The second kappa shape index (κ2) is 4.71. The Bertz CT molecular complexity index is 421. The van der Waals surface area contributed by atoms with Crippen LogP contribution in [0.25, 0.3) is 0 Å². The highest BCUT2D eigenvalue weighted by Gasteiger charge is 2.46. The average Bonchev–Trinajstić information content (AvgIpc) is 2.57. The number of pyridine rings is 1. The summed E-state index contributed by atoms with van der Waals surface area (Å²) in [5.74, 6) is 0.560. The summed E-state index contributed by atoms with van der Waals surface area (Å²) in [7, 11) is 0. The largest absolute Gasteiger partial charge is 0.350 e. The molecular formula is C15H20N2O. The molecule has 1 aromatic rings. The van der Waals surface area contributed by atoms with Gasteiger partial charge >= 0.3 is 0 Å². The van der Waals surface area contributed by atoms with Crippen LogP contribution in [0.2, 0.25) is 0 Å². The summed E-state index contributed by atoms with van der Waals surface area (Å²) >= 11 is 0. The Kier molecular flexibility index (Phi) is 3.06. The van der Waals surface area contributed by atoms with Crippen LogP contribution >= 0.6 is 0 Å². The number of nitrogens with zero attached hydrogens (tertiary/aromatic N) is 1. The van der Waals surface area contributed by atoms with E-state index in [9.17, 15) is 4.79 Å². The van der Waals surface area contributed by atoms with E-state index < -0.39 is 0 Å². The molecule has 3 rings (SSSR count). The van der Waals surface area contributed by atoms with Gasteiger partial charge in [-0.05, 0) is 30.5 Å². The summed E-state index contributed by atoms with van der Waals surface area (Å²) in [6, 6.07) is 4.13. The van der Waals surface area contributed by atoms with Gasteiger partial charge in [-0.3, -0.25) is 9.78 Å². The van der Waals surface area contributed by atoms with E-state index in [0.29, 0.717) is 12.3 Å². The van der Waals surface area contributed by atoms with E-state index in [-0.39, 0.29) is 11.4 Å². The molecule has 1 spiro atoms. The fraction of sp³-hybridized carbons (Fsp3) is 0.600. The van der Waals surface area contributed by atoms with Crippen LogP contribution in [0.15, 0.2) is 24.5 Å². The van der Waals surface area contributed by atoms with Crippen molar-refractivity contribution >= 4 is 5.91 Å². The Balaban J connectivity index is 1.93. The predicted octanol–water partition coefficient (Wildman–Crippen LogP) is 2.78. The first-order valence-corrected chi connectivity index (χ1v) is 7.01. The summed E-state index contributed by atoms with van der Waals surface area (Å²) in [5, 5.41) is 3.30. The highest BCUT2D eigenvalue weighted by molar-refractivity contribution is 5.81. The van der Waals surface area contributed by atoms with Crippen LogP contribution in [0.1, 0.15) is 56.4 Å². The van der Waals surface area contributed by atoms with Gasteiger partial charge in [0.25, 0.3) is 0 Å². The van der Waals surface area contributed by atoms with Crippen molar-refractivity contribution < 1.29 is 4.79 Å². The van der Waals surface area contributed by atoms with Crippen molar-refractivity contribution in [2.75, 3.05) is 0 Å². The van der Waals surface area contributed by atoms with Crippen molar-refractivity contribution in [3.63, 3.8) is 0 Å². The molecule has 1 unspecified atom stereocenters. The Hall–Kier alpha value is -1.38. The van der Waals surface area contributed by atoms with E-state index in [1.807, 2.05) is 12.4 Å². The Morgan fingerprint density at radius 3 is 2.44 bits per heavy atom. The molecule has 0 bridgehead atoms. The predicted molar refractivity (Wildman–Crippen MR) is 70.2 cm³/mol. The van der Waals surface area contributed by atoms with Gasteiger partial charge in [-0.2, -0.15) is 0 Å². The Morgan fingerprint density at radius 2 is 1.78 bits per heavy atom. The summed E-state index contributed by atoms with van der Waals surface area (Å²) in [6.07, 6.45) is 11.7. The van der Waals surface area contributed by atoms with Crippen molar-refractivity contribution in [3.8, 4) is 0 Å². The molecule has 2 aliphatic rings. The zero-order valence-corrected chi connectivity index (χ0v) is 10.7. The van der Waals surface area contributed by atoms with Crippen LogP contribution in [0.3, 0.4) is 0 Å². The van der Waals surface area contributed by atoms with Gasteiger partial charge in [0.15, 0.2) is 0 Å². The minimum atomic E-state index is 0.0228. The molecule has 0 radical (unpaired) electrons. The molecule has 1 saturated carbocycles. The highest BCUT2D eigenvalue weighted by atomic mass is 16.2. The molecule has 1 saturated heterocycles. The molecule has 1 N–H and O–H groups in total. The third-order valence-electron chi connectivity index (χ3n) is 4.55. The standard InChI is InChI=1S/C15H20N2O/c18-14-11-13(12-5-9-16-10-6-12)15(17-14)7-3-1-2-4-8-15/h5-6,9-10,13H,1-4,7-8,11H2,(H,17,18). The van der Waals surface area contributed by atoms with Crippen LogP contribution in [-0.2, 0) is 4.79 Å². The van der Waals surface area contributed by atoms with Crippen molar-refractivity contribution in [2.24, 2.45) is 0 Å². The first kappa shape index (κ1) is 11.7. The third kappa shape index (κ3) is 2.02. The van der Waals surface area contributed by atoms with Gasteiger partial charge < -0.3 is 5.32 Å². The van der Waals surface area contributed by atoms with Crippen molar-refractivity contribution in [3.05, 3.63) is 30.1 Å². The molecule has 2 fully saturated rings. The van der Waals surface area contributed by atoms with E-state index >= 15 is 0 Å². The SMILES string of the molecule is O=C1CC(c2ccncc2)C2(CCCCCC2)N1. The average molecular weight is 244 g/mol. The quantitative estimate of drug-likeness (QED) is 0.825. The lowest BCUT2D eigenvalue weighted by Gasteiger charge is -2.34. The molecule has 1 amide bonds. The number of nitrogens with one attached hydrogen (secondary N) is 1. The van der Waals surface area contributed by atoms with Crippen LogP contribution in [0.4, 0.5) is 0 Å². The number of aromatic nitrogens is 1. The first-order valence-electron chi connectivity index (χ1n) is 7.01. The van der Waals surface area contributed by atoms with Crippen LogP contribution < -0.4 is 5.32 Å². The van der Waals surface area contributed by atoms with E-state index in [4.69, 9.17) is 0 Å². The lowest BCUT2D eigenvalue weighted by atomic mass is 9.76. The van der Waals surface area contributed by atoms with E-state index in [2.05, 4.69) is 22.4 Å². The minimum absolute atomic E-state index is 0.0228. The zero-order chi connectivity index (χ0) is 12.4. The number of hydrogen-bond donors (Lipinski definition) is 1. The van der Waals surface area contributed by atoms with Crippen molar-refractivity contribution in [1.29, 1.82) is 0 Å². The topological polar surface area (TPSA) is 42.0 Å². The number of rotatable bonds is 1. The van der Waals surface area contributed by atoms with Crippen LogP contribution in [0.5, 0.6) is 0 Å². The lowest BCUT2D eigenvalue weighted by Crippen LogP contribution is -2.44. The number of hydrogen-bond acceptors (Lipinski definition) is 2. The van der Waals surface area contributed by atoms with Gasteiger partial charge in [-0.1, -0.05) is 25.7 Å². The Morgan fingerprint density at radius 1 is 1.11 bits per heavy atom. The van der Waals surface area contributed by atoms with Gasteiger partial charge in [-0.25, -0.2) is 0 Å². The summed E-state index contributed by atoms with van der Waals surface area (Å²) in [5.41, 5.74) is 1.29. The summed E-state index contributed by atoms with van der Waals surface area (Å²) in [6.45, 7) is 0. The second-order valence-electron chi connectivity index (χ2n) is 5.66. The maximum Gasteiger partial charge on any atom is 0.221 e. The van der Waals surface area contributed by atoms with Crippen molar-refractivity contribution in [1.82, 2.24) is 10.3 Å². The summed E-state index contributed by atoms with van der Waals surface area (Å²) in [4.78, 5) is 16.0. The van der Waals surface area contributed by atoms with Crippen LogP contribution in [0, 0.1) is 0 Å². The molecular weight excluding hydrogens is 224 g/mol. The fourth-order valence-electron chi connectivity index (χ4n) is 3.66. The molecule has 3 heteroatoms. The van der Waals surface area contributed by atoms with E-state index in [1.54, 1.807) is 0 Å². The van der Waals surface area contributed by atoms with Crippen LogP contribution in [-0.4, -0.2) is 16.4 Å². The zero-order valence-electron chi connectivity index (χ0n) is 10.7. The van der Waals surface area contributed by atoms with Gasteiger partial charge in [0.1, 0.15) is 0 Å².